The Morgan fingerprint density at radius 2 is 1.69 bits per heavy atom. The maximum Gasteiger partial charge on any atom is 0.280 e. The molecule has 0 amide bonds. The zero-order valence-electron chi connectivity index (χ0n) is 14.0. The summed E-state index contributed by atoms with van der Waals surface area (Å²) in [7, 11) is 3.01. The van der Waals surface area contributed by atoms with Crippen LogP contribution in [0.4, 0.5) is 8.78 Å². The molecule has 3 aromatic rings. The third kappa shape index (κ3) is 3.69. The number of pyridine rings is 3. The molecule has 0 fully saturated rings. The lowest BCUT2D eigenvalue weighted by Gasteiger charge is -2.13. The van der Waals surface area contributed by atoms with E-state index in [1.165, 1.54) is 32.5 Å². The third-order valence-electron chi connectivity index (χ3n) is 3.50. The second-order valence-corrected chi connectivity index (χ2v) is 5.09. The molecule has 3 rings (SSSR count). The second-order valence-electron chi connectivity index (χ2n) is 5.09. The predicted octanol–water partition coefficient (Wildman–Crippen LogP) is 4.29. The average Bonchev–Trinajstić information content (AvgIpc) is 2.68. The Hall–Kier alpha value is -3.29. The molecule has 0 aliphatic carbocycles. The van der Waals surface area contributed by atoms with Gasteiger partial charge >= 0.3 is 0 Å². The van der Waals surface area contributed by atoms with Gasteiger partial charge in [0.2, 0.25) is 17.6 Å². The van der Waals surface area contributed by atoms with E-state index in [2.05, 4.69) is 15.0 Å². The van der Waals surface area contributed by atoms with E-state index in [4.69, 9.17) is 14.2 Å². The van der Waals surface area contributed by atoms with Crippen molar-refractivity contribution >= 4 is 0 Å². The number of rotatable bonds is 6. The van der Waals surface area contributed by atoms with E-state index in [1.807, 2.05) is 0 Å². The largest absolute Gasteiger partial charge is 0.481 e. The Morgan fingerprint density at radius 3 is 2.35 bits per heavy atom. The first-order valence-electron chi connectivity index (χ1n) is 7.58. The Kier molecular flexibility index (Phi) is 5.21. The van der Waals surface area contributed by atoms with Crippen molar-refractivity contribution in [1.82, 2.24) is 15.0 Å². The summed E-state index contributed by atoms with van der Waals surface area (Å²) < 4.78 is 41.4. The maximum absolute atomic E-state index is 12.6. The van der Waals surface area contributed by atoms with Crippen molar-refractivity contribution < 1.29 is 23.0 Å². The molecule has 134 valence electrons. The zero-order chi connectivity index (χ0) is 18.5. The molecular formula is C18H15F2N3O3. The highest BCUT2D eigenvalue weighted by molar-refractivity contribution is 5.73. The minimum atomic E-state index is -2.64. The van der Waals surface area contributed by atoms with Gasteiger partial charge in [-0.05, 0) is 30.3 Å². The van der Waals surface area contributed by atoms with Crippen LogP contribution in [0, 0.1) is 0 Å². The quantitative estimate of drug-likeness (QED) is 0.654. The molecule has 3 heterocycles. The molecule has 0 radical (unpaired) electrons. The van der Waals surface area contributed by atoms with Crippen LogP contribution in [0.25, 0.3) is 11.1 Å². The van der Waals surface area contributed by atoms with Crippen LogP contribution in [0.1, 0.15) is 12.1 Å². The minimum absolute atomic E-state index is 0.268. The number of alkyl halides is 2. The molecule has 0 saturated heterocycles. The van der Waals surface area contributed by atoms with Gasteiger partial charge in [-0.1, -0.05) is 0 Å². The first-order valence-corrected chi connectivity index (χ1v) is 7.58. The molecule has 0 aliphatic rings. The number of hydrogen-bond acceptors (Lipinski definition) is 6. The molecule has 3 aromatic heterocycles. The van der Waals surface area contributed by atoms with Crippen LogP contribution in [0.3, 0.4) is 0 Å². The van der Waals surface area contributed by atoms with Crippen molar-refractivity contribution in [3.63, 3.8) is 0 Å². The van der Waals surface area contributed by atoms with Crippen molar-refractivity contribution in [1.29, 1.82) is 0 Å². The number of halogens is 2. The fourth-order valence-electron chi connectivity index (χ4n) is 2.27. The highest BCUT2D eigenvalue weighted by Crippen LogP contribution is 2.36. The van der Waals surface area contributed by atoms with Crippen LogP contribution >= 0.6 is 0 Å². The van der Waals surface area contributed by atoms with E-state index >= 15 is 0 Å². The molecule has 0 spiro atoms. The van der Waals surface area contributed by atoms with Gasteiger partial charge in [0.15, 0.2) is 0 Å². The van der Waals surface area contributed by atoms with Crippen LogP contribution in [0.2, 0.25) is 0 Å². The summed E-state index contributed by atoms with van der Waals surface area (Å²) in [5, 5.41) is 0. The minimum Gasteiger partial charge on any atom is -0.481 e. The Bertz CT molecular complexity index is 889. The van der Waals surface area contributed by atoms with E-state index < -0.39 is 6.43 Å². The number of aromatic nitrogens is 3. The lowest BCUT2D eigenvalue weighted by molar-refractivity contribution is 0.146. The topological polar surface area (TPSA) is 66.4 Å². The molecule has 0 N–H and O–H groups in total. The van der Waals surface area contributed by atoms with Crippen molar-refractivity contribution in [2.75, 3.05) is 14.2 Å². The van der Waals surface area contributed by atoms with Crippen molar-refractivity contribution in [2.24, 2.45) is 0 Å². The highest BCUT2D eigenvalue weighted by atomic mass is 19.3. The Morgan fingerprint density at radius 1 is 0.885 bits per heavy atom. The number of ether oxygens (including phenoxy) is 3. The zero-order valence-corrected chi connectivity index (χ0v) is 14.0. The summed E-state index contributed by atoms with van der Waals surface area (Å²) >= 11 is 0. The summed E-state index contributed by atoms with van der Waals surface area (Å²) in [6, 6.07) is 9.61. The highest BCUT2D eigenvalue weighted by Gasteiger charge is 2.16. The molecular weight excluding hydrogens is 344 g/mol. The molecule has 0 aliphatic heterocycles. The van der Waals surface area contributed by atoms with Gasteiger partial charge in [0, 0.05) is 23.4 Å². The first-order chi connectivity index (χ1) is 12.6. The van der Waals surface area contributed by atoms with Crippen molar-refractivity contribution in [3.05, 3.63) is 54.5 Å². The van der Waals surface area contributed by atoms with Gasteiger partial charge in [-0.3, -0.25) is 4.98 Å². The smallest absolute Gasteiger partial charge is 0.280 e. The molecule has 0 aromatic carbocycles. The Labute approximate surface area is 148 Å². The lowest BCUT2D eigenvalue weighted by atomic mass is 10.1. The van der Waals surface area contributed by atoms with Crippen LogP contribution in [0.15, 0.2) is 48.8 Å². The van der Waals surface area contributed by atoms with Gasteiger partial charge < -0.3 is 14.2 Å². The number of hydrogen-bond donors (Lipinski definition) is 0. The van der Waals surface area contributed by atoms with Crippen LogP contribution in [-0.2, 0) is 0 Å². The number of nitrogens with zero attached hydrogens (tertiary/aromatic N) is 3. The van der Waals surface area contributed by atoms with Gasteiger partial charge in [0.05, 0.1) is 20.4 Å². The number of methoxy groups -OCH3 is 2. The molecule has 0 atom stereocenters. The third-order valence-corrected chi connectivity index (χ3v) is 3.50. The molecule has 8 heteroatoms. The summed E-state index contributed by atoms with van der Waals surface area (Å²) in [5.74, 6) is 1.30. The first kappa shape index (κ1) is 17.5. The van der Waals surface area contributed by atoms with E-state index in [0.717, 1.165) is 0 Å². The van der Waals surface area contributed by atoms with E-state index in [0.29, 0.717) is 22.9 Å². The molecule has 26 heavy (non-hydrogen) atoms. The fraction of sp³-hybridized carbons (Fsp3) is 0.167. The summed E-state index contributed by atoms with van der Waals surface area (Å²) in [6.45, 7) is 0. The predicted molar refractivity (Wildman–Crippen MR) is 89.8 cm³/mol. The van der Waals surface area contributed by atoms with Gasteiger partial charge in [0.25, 0.3) is 6.43 Å². The maximum atomic E-state index is 12.6. The van der Waals surface area contributed by atoms with E-state index in [1.54, 1.807) is 30.5 Å². The van der Waals surface area contributed by atoms with Crippen LogP contribution in [0.5, 0.6) is 23.4 Å². The normalized spacial score (nSPS) is 10.7. The lowest BCUT2D eigenvalue weighted by Crippen LogP contribution is -1.98. The molecule has 0 unspecified atom stereocenters. The standard InChI is InChI=1S/C18H15F2N3O3/c1-24-15-8-6-13(18(23-15)25-2)12-4-3-9-21-17(12)26-11-5-7-14(16(19)20)22-10-11/h3-10,16H,1-2H3. The monoisotopic (exact) mass is 359 g/mol. The van der Waals surface area contributed by atoms with Gasteiger partial charge in [-0.2, -0.15) is 4.98 Å². The summed E-state index contributed by atoms with van der Waals surface area (Å²) in [5.41, 5.74) is 0.950. The van der Waals surface area contributed by atoms with Gasteiger partial charge in [-0.25, -0.2) is 13.8 Å². The fourth-order valence-corrected chi connectivity index (χ4v) is 2.27. The Balaban J connectivity index is 1.96. The SMILES string of the molecule is COc1ccc(-c2cccnc2Oc2ccc(C(F)F)nc2)c(OC)n1. The molecule has 6 nitrogen and oxygen atoms in total. The average molecular weight is 359 g/mol. The summed E-state index contributed by atoms with van der Waals surface area (Å²) in [4.78, 5) is 12.1. The van der Waals surface area contributed by atoms with Crippen LogP contribution < -0.4 is 14.2 Å². The van der Waals surface area contributed by atoms with Gasteiger partial charge in [-0.15, -0.1) is 0 Å². The van der Waals surface area contributed by atoms with E-state index in [-0.39, 0.29) is 17.3 Å². The second kappa shape index (κ2) is 7.73. The van der Waals surface area contributed by atoms with Crippen molar-refractivity contribution in [2.45, 2.75) is 6.43 Å². The summed E-state index contributed by atoms with van der Waals surface area (Å²) in [6.07, 6.45) is 0.149. The van der Waals surface area contributed by atoms with Gasteiger partial charge in [0.1, 0.15) is 11.4 Å². The molecule has 0 saturated carbocycles. The van der Waals surface area contributed by atoms with Crippen molar-refractivity contribution in [3.8, 4) is 34.5 Å². The van der Waals surface area contributed by atoms with E-state index in [9.17, 15) is 8.78 Å². The van der Waals surface area contributed by atoms with Crippen LogP contribution in [-0.4, -0.2) is 29.2 Å². The molecule has 0 bridgehead atoms.